The molecule has 0 N–H and O–H groups in total. The van der Waals surface area contributed by atoms with Crippen molar-refractivity contribution in [3.05, 3.63) is 0 Å². The van der Waals surface area contributed by atoms with Gasteiger partial charge >= 0.3 is 17.9 Å². The third-order valence-electron chi connectivity index (χ3n) is 14.9. The van der Waals surface area contributed by atoms with E-state index in [1.165, 1.54) is 276 Å². The lowest BCUT2D eigenvalue weighted by molar-refractivity contribution is -0.167. The van der Waals surface area contributed by atoms with Crippen molar-refractivity contribution in [1.82, 2.24) is 0 Å². The molecule has 0 aliphatic carbocycles. The first-order valence-corrected chi connectivity index (χ1v) is 32.0. The Morgan fingerprint density at radius 1 is 0.229 bits per heavy atom. The summed E-state index contributed by atoms with van der Waals surface area (Å²) in [5, 5.41) is 0. The van der Waals surface area contributed by atoms with Gasteiger partial charge in [0.1, 0.15) is 13.2 Å². The molecule has 1 unspecified atom stereocenters. The van der Waals surface area contributed by atoms with Crippen LogP contribution in [0.1, 0.15) is 374 Å². The first-order chi connectivity index (χ1) is 34.5. The lowest BCUT2D eigenvalue weighted by Gasteiger charge is -2.18. The van der Waals surface area contributed by atoms with Crippen LogP contribution in [0.3, 0.4) is 0 Å². The van der Waals surface area contributed by atoms with E-state index in [1.807, 2.05) is 0 Å². The second kappa shape index (κ2) is 60.0. The summed E-state index contributed by atoms with van der Waals surface area (Å²) in [7, 11) is 0. The van der Waals surface area contributed by atoms with Crippen LogP contribution in [0.15, 0.2) is 0 Å². The van der Waals surface area contributed by atoms with Crippen molar-refractivity contribution in [2.24, 2.45) is 0 Å². The molecule has 1 atom stereocenters. The van der Waals surface area contributed by atoms with Gasteiger partial charge in [-0.2, -0.15) is 0 Å². The lowest BCUT2D eigenvalue weighted by atomic mass is 10.0. The summed E-state index contributed by atoms with van der Waals surface area (Å²) in [4.78, 5) is 38.2. The summed E-state index contributed by atoms with van der Waals surface area (Å²) in [6.45, 7) is 6.72. The summed E-state index contributed by atoms with van der Waals surface area (Å²) in [6, 6.07) is 0. The van der Waals surface area contributed by atoms with Gasteiger partial charge in [0.05, 0.1) is 0 Å². The molecule has 70 heavy (non-hydrogen) atoms. The fourth-order valence-corrected chi connectivity index (χ4v) is 10.0. The summed E-state index contributed by atoms with van der Waals surface area (Å²) in [6.07, 6.45) is 68.3. The number of hydrogen-bond donors (Lipinski definition) is 0. The van der Waals surface area contributed by atoms with Crippen molar-refractivity contribution in [1.29, 1.82) is 0 Å². The van der Waals surface area contributed by atoms with Crippen molar-refractivity contribution in [3.8, 4) is 0 Å². The maximum absolute atomic E-state index is 12.9. The Morgan fingerprint density at radius 2 is 0.386 bits per heavy atom. The number of unbranched alkanes of at least 4 members (excludes halogenated alkanes) is 49. The fraction of sp³-hybridized carbons (Fsp3) is 0.953. The molecule has 0 heterocycles. The smallest absolute Gasteiger partial charge is 0.306 e. The number of carbonyl (C=O) groups is 3. The van der Waals surface area contributed by atoms with Crippen LogP contribution in [-0.2, 0) is 28.6 Å². The molecule has 0 spiro atoms. The van der Waals surface area contributed by atoms with Gasteiger partial charge in [-0.15, -0.1) is 0 Å². The molecule has 6 nitrogen and oxygen atoms in total. The van der Waals surface area contributed by atoms with Crippen molar-refractivity contribution < 1.29 is 28.6 Å². The summed E-state index contributed by atoms with van der Waals surface area (Å²) >= 11 is 0. The lowest BCUT2D eigenvalue weighted by Crippen LogP contribution is -2.30. The van der Waals surface area contributed by atoms with Crippen LogP contribution in [0.25, 0.3) is 0 Å². The Balaban J connectivity index is 4.19. The highest BCUT2D eigenvalue weighted by Crippen LogP contribution is 2.19. The van der Waals surface area contributed by atoms with E-state index in [-0.39, 0.29) is 31.1 Å². The van der Waals surface area contributed by atoms with E-state index < -0.39 is 6.10 Å². The third-order valence-corrected chi connectivity index (χ3v) is 14.9. The second-order valence-electron chi connectivity index (χ2n) is 22.1. The van der Waals surface area contributed by atoms with Gasteiger partial charge in [-0.3, -0.25) is 14.4 Å². The van der Waals surface area contributed by atoms with Crippen molar-refractivity contribution >= 4 is 17.9 Å². The highest BCUT2D eigenvalue weighted by Gasteiger charge is 2.19. The van der Waals surface area contributed by atoms with E-state index in [0.717, 1.165) is 57.8 Å². The Bertz CT molecular complexity index is 1040. The Kier molecular flexibility index (Phi) is 58.6. The van der Waals surface area contributed by atoms with E-state index in [1.54, 1.807) is 0 Å². The molecule has 416 valence electrons. The minimum Gasteiger partial charge on any atom is -0.462 e. The van der Waals surface area contributed by atoms with Crippen LogP contribution in [0.5, 0.6) is 0 Å². The molecule has 0 rings (SSSR count). The average molecular weight is 990 g/mol. The van der Waals surface area contributed by atoms with Crippen LogP contribution in [0.2, 0.25) is 0 Å². The van der Waals surface area contributed by atoms with E-state index in [0.29, 0.717) is 19.3 Å². The van der Waals surface area contributed by atoms with Crippen LogP contribution < -0.4 is 0 Å². The van der Waals surface area contributed by atoms with Crippen LogP contribution >= 0.6 is 0 Å². The van der Waals surface area contributed by atoms with Crippen LogP contribution in [-0.4, -0.2) is 37.2 Å². The molecular formula is C64H124O6. The molecule has 0 aromatic rings. The largest absolute Gasteiger partial charge is 0.462 e. The minimum absolute atomic E-state index is 0.0607. The molecule has 0 aliphatic rings. The van der Waals surface area contributed by atoms with Crippen LogP contribution in [0, 0.1) is 0 Å². The standard InChI is InChI=1S/C64H124O6/c1-4-7-10-13-16-19-22-24-26-28-30-31-32-34-35-37-39-42-45-48-51-54-57-63(66)69-60-61(59-68-62(65)56-53-50-47-44-41-21-18-15-12-9-6-3)70-64(67)58-55-52-49-46-43-40-38-36-33-29-27-25-23-20-17-14-11-8-5-2/h61H,4-60H2,1-3H3. The molecule has 0 aromatic heterocycles. The molecule has 0 radical (unpaired) electrons. The molecule has 0 saturated carbocycles. The molecule has 6 heteroatoms. The monoisotopic (exact) mass is 989 g/mol. The first kappa shape index (κ1) is 68.4. The molecular weight excluding hydrogens is 865 g/mol. The quantitative estimate of drug-likeness (QED) is 0.0343. The first-order valence-electron chi connectivity index (χ1n) is 32.0. The van der Waals surface area contributed by atoms with Crippen molar-refractivity contribution in [3.63, 3.8) is 0 Å². The maximum atomic E-state index is 12.9. The number of rotatable bonds is 60. The predicted octanol–water partition coefficient (Wildman–Crippen LogP) is 21.5. The molecule has 0 fully saturated rings. The Morgan fingerprint density at radius 3 is 0.571 bits per heavy atom. The van der Waals surface area contributed by atoms with Gasteiger partial charge in [0.15, 0.2) is 6.10 Å². The van der Waals surface area contributed by atoms with Gasteiger partial charge < -0.3 is 14.2 Å². The molecule has 0 bridgehead atoms. The minimum atomic E-state index is -0.761. The molecule has 0 aromatic carbocycles. The average Bonchev–Trinajstić information content (AvgIpc) is 3.36. The second-order valence-corrected chi connectivity index (χ2v) is 22.1. The van der Waals surface area contributed by atoms with E-state index in [4.69, 9.17) is 14.2 Å². The number of carbonyl (C=O) groups excluding carboxylic acids is 3. The van der Waals surface area contributed by atoms with Crippen molar-refractivity contribution in [2.45, 2.75) is 380 Å². The van der Waals surface area contributed by atoms with Gasteiger partial charge in [0.2, 0.25) is 0 Å². The number of hydrogen-bond acceptors (Lipinski definition) is 6. The normalized spacial score (nSPS) is 11.9. The van der Waals surface area contributed by atoms with Crippen molar-refractivity contribution in [2.75, 3.05) is 13.2 Å². The number of esters is 3. The van der Waals surface area contributed by atoms with E-state index in [9.17, 15) is 14.4 Å². The third kappa shape index (κ3) is 57.3. The SMILES string of the molecule is CCCCCCCCCCCCCCCCCCCCCCCCC(=O)OCC(COC(=O)CCCCCCCCCCCCC)OC(=O)CCCCCCCCCCCCCCCCCCCCC. The van der Waals surface area contributed by atoms with Gasteiger partial charge in [0.25, 0.3) is 0 Å². The van der Waals surface area contributed by atoms with Gasteiger partial charge in [-0.1, -0.05) is 335 Å². The van der Waals surface area contributed by atoms with Gasteiger partial charge in [-0.05, 0) is 19.3 Å². The van der Waals surface area contributed by atoms with E-state index in [2.05, 4.69) is 20.8 Å². The van der Waals surface area contributed by atoms with Gasteiger partial charge in [0, 0.05) is 19.3 Å². The maximum Gasteiger partial charge on any atom is 0.306 e. The zero-order chi connectivity index (χ0) is 50.7. The number of ether oxygens (including phenoxy) is 3. The molecule has 0 aliphatic heterocycles. The van der Waals surface area contributed by atoms with Gasteiger partial charge in [-0.25, -0.2) is 0 Å². The highest BCUT2D eigenvalue weighted by atomic mass is 16.6. The fourth-order valence-electron chi connectivity index (χ4n) is 10.0. The summed E-state index contributed by atoms with van der Waals surface area (Å²) in [5.74, 6) is -0.828. The molecule has 0 saturated heterocycles. The summed E-state index contributed by atoms with van der Waals surface area (Å²) < 4.78 is 16.9. The predicted molar refractivity (Wildman–Crippen MR) is 303 cm³/mol. The zero-order valence-corrected chi connectivity index (χ0v) is 47.8. The molecule has 0 amide bonds. The highest BCUT2D eigenvalue weighted by molar-refractivity contribution is 5.71. The Labute approximate surface area is 438 Å². The zero-order valence-electron chi connectivity index (χ0n) is 47.8. The Hall–Kier alpha value is -1.59. The topological polar surface area (TPSA) is 78.9 Å². The van der Waals surface area contributed by atoms with Crippen LogP contribution in [0.4, 0.5) is 0 Å². The van der Waals surface area contributed by atoms with E-state index >= 15 is 0 Å². The summed E-state index contributed by atoms with van der Waals surface area (Å²) in [5.41, 5.74) is 0.